The van der Waals surface area contributed by atoms with E-state index in [0.717, 1.165) is 5.56 Å². The Labute approximate surface area is 112 Å². The van der Waals surface area contributed by atoms with Crippen LogP contribution in [-0.4, -0.2) is 23.3 Å². The average molecular weight is 263 g/mol. The van der Waals surface area contributed by atoms with Crippen molar-refractivity contribution >= 4 is 17.7 Å². The smallest absolute Gasteiger partial charge is 0.364 e. The first kappa shape index (κ1) is 14.9. The second kappa shape index (κ2) is 6.13. The summed E-state index contributed by atoms with van der Waals surface area (Å²) >= 11 is 0. The highest BCUT2D eigenvalue weighted by Gasteiger charge is 2.26. The lowest BCUT2D eigenvalue weighted by Crippen LogP contribution is -2.33. The van der Waals surface area contributed by atoms with Gasteiger partial charge in [-0.25, -0.2) is 9.59 Å². The summed E-state index contributed by atoms with van der Waals surface area (Å²) in [5.41, 5.74) is -0.762. The Morgan fingerprint density at radius 2 is 1.68 bits per heavy atom. The van der Waals surface area contributed by atoms with Gasteiger partial charge < -0.3 is 9.47 Å². The van der Waals surface area contributed by atoms with E-state index in [2.05, 4.69) is 0 Å². The highest BCUT2D eigenvalue weighted by molar-refractivity contribution is 6.61. The summed E-state index contributed by atoms with van der Waals surface area (Å²) in [5.74, 6) is -1.97. The monoisotopic (exact) mass is 263 g/mol. The van der Waals surface area contributed by atoms with Crippen LogP contribution in [0.3, 0.4) is 0 Å². The van der Waals surface area contributed by atoms with Crippen molar-refractivity contribution < 1.29 is 19.1 Å². The van der Waals surface area contributed by atoms with Crippen LogP contribution in [0.25, 0.3) is 0 Å². The number of hydrogen-bond donors (Lipinski definition) is 1. The van der Waals surface area contributed by atoms with Gasteiger partial charge in [0.25, 0.3) is 0 Å². The number of benzene rings is 1. The van der Waals surface area contributed by atoms with Crippen LogP contribution in [0.4, 0.5) is 0 Å². The van der Waals surface area contributed by atoms with E-state index in [4.69, 9.17) is 14.9 Å². The Morgan fingerprint density at radius 1 is 1.11 bits per heavy atom. The second-order valence-electron chi connectivity index (χ2n) is 4.94. The first-order valence-corrected chi connectivity index (χ1v) is 5.82. The van der Waals surface area contributed by atoms with Crippen LogP contribution in [0.1, 0.15) is 26.3 Å². The third-order valence-electron chi connectivity index (χ3n) is 2.02. The minimum absolute atomic E-state index is 0.0187. The van der Waals surface area contributed by atoms with Crippen molar-refractivity contribution in [3.8, 4) is 0 Å². The molecule has 102 valence electrons. The van der Waals surface area contributed by atoms with Crippen molar-refractivity contribution in [2.45, 2.75) is 33.0 Å². The average Bonchev–Trinajstić information content (AvgIpc) is 2.34. The van der Waals surface area contributed by atoms with E-state index in [9.17, 15) is 9.59 Å². The van der Waals surface area contributed by atoms with Crippen molar-refractivity contribution in [3.63, 3.8) is 0 Å². The minimum Gasteiger partial charge on any atom is -0.456 e. The molecule has 0 fully saturated rings. The van der Waals surface area contributed by atoms with E-state index in [1.807, 2.05) is 18.2 Å². The van der Waals surface area contributed by atoms with Gasteiger partial charge in [0.15, 0.2) is 0 Å². The van der Waals surface area contributed by atoms with Crippen molar-refractivity contribution in [2.75, 3.05) is 0 Å². The molecule has 0 amide bonds. The Kier molecular flexibility index (Phi) is 4.80. The number of esters is 2. The molecule has 0 unspecified atom stereocenters. The molecule has 19 heavy (non-hydrogen) atoms. The lowest BCUT2D eigenvalue weighted by molar-refractivity contribution is -0.148. The molecular weight excluding hydrogens is 246 g/mol. The molecule has 1 rings (SSSR count). The first-order valence-electron chi connectivity index (χ1n) is 5.82. The predicted molar refractivity (Wildman–Crippen MR) is 69.8 cm³/mol. The normalized spacial score (nSPS) is 10.7. The van der Waals surface area contributed by atoms with Crippen LogP contribution < -0.4 is 0 Å². The maximum atomic E-state index is 11.5. The Hall–Kier alpha value is -2.17. The molecule has 5 heteroatoms. The van der Waals surface area contributed by atoms with Gasteiger partial charge in [0.1, 0.15) is 12.2 Å². The summed E-state index contributed by atoms with van der Waals surface area (Å²) in [5, 5.41) is 7.40. The highest BCUT2D eigenvalue weighted by atomic mass is 16.6. The molecule has 0 aromatic heterocycles. The minimum atomic E-state index is -0.988. The Morgan fingerprint density at radius 3 is 2.21 bits per heavy atom. The van der Waals surface area contributed by atoms with Crippen molar-refractivity contribution in [1.82, 2.24) is 0 Å². The molecule has 5 nitrogen and oxygen atoms in total. The number of carbonyl (C=O) groups excluding carboxylic acids is 2. The van der Waals surface area contributed by atoms with Crippen molar-refractivity contribution in [1.29, 1.82) is 5.41 Å². The number of ether oxygens (including phenoxy) is 2. The lowest BCUT2D eigenvalue weighted by Gasteiger charge is -2.19. The molecule has 0 bridgehead atoms. The standard InChI is InChI=1S/C14H17NO4/c1-14(2,3)19-13(17)11(15)12(16)18-9-10-7-5-4-6-8-10/h4-8,15H,9H2,1-3H3. The van der Waals surface area contributed by atoms with E-state index >= 15 is 0 Å². The molecule has 0 saturated carbocycles. The first-order chi connectivity index (χ1) is 8.79. The number of rotatable bonds is 4. The summed E-state index contributed by atoms with van der Waals surface area (Å²) in [7, 11) is 0. The van der Waals surface area contributed by atoms with Gasteiger partial charge in [-0.1, -0.05) is 30.3 Å². The fourth-order valence-corrected chi connectivity index (χ4v) is 1.21. The summed E-state index contributed by atoms with van der Waals surface area (Å²) < 4.78 is 9.77. The predicted octanol–water partition coefficient (Wildman–Crippen LogP) is 2.09. The zero-order valence-corrected chi connectivity index (χ0v) is 11.2. The maximum absolute atomic E-state index is 11.5. The van der Waals surface area contributed by atoms with E-state index in [0.29, 0.717) is 0 Å². The van der Waals surface area contributed by atoms with Crippen LogP contribution in [0.2, 0.25) is 0 Å². The van der Waals surface area contributed by atoms with Crippen LogP contribution in [0, 0.1) is 5.41 Å². The summed E-state index contributed by atoms with van der Waals surface area (Å²) in [6.45, 7) is 5.00. The highest BCUT2D eigenvalue weighted by Crippen LogP contribution is 2.08. The molecule has 1 N–H and O–H groups in total. The zero-order chi connectivity index (χ0) is 14.5. The Bertz CT molecular complexity index is 474. The van der Waals surface area contributed by atoms with Gasteiger partial charge in [0.05, 0.1) is 0 Å². The SMILES string of the molecule is CC(C)(C)OC(=O)C(=N)C(=O)OCc1ccccc1. The number of carbonyl (C=O) groups is 2. The van der Waals surface area contributed by atoms with Gasteiger partial charge in [-0.2, -0.15) is 0 Å². The molecule has 1 aromatic rings. The van der Waals surface area contributed by atoms with E-state index in [-0.39, 0.29) is 6.61 Å². The van der Waals surface area contributed by atoms with Crippen LogP contribution in [-0.2, 0) is 25.7 Å². The van der Waals surface area contributed by atoms with E-state index < -0.39 is 23.3 Å². The molecule has 0 aliphatic carbocycles. The van der Waals surface area contributed by atoms with Gasteiger partial charge in [0.2, 0.25) is 5.71 Å². The summed E-state index contributed by atoms with van der Waals surface area (Å²) in [4.78, 5) is 23.0. The quantitative estimate of drug-likeness (QED) is 0.512. The van der Waals surface area contributed by atoms with E-state index in [1.165, 1.54) is 0 Å². The Balaban J connectivity index is 2.50. The molecule has 0 saturated heterocycles. The topological polar surface area (TPSA) is 76.5 Å². The lowest BCUT2D eigenvalue weighted by atomic mass is 10.2. The second-order valence-corrected chi connectivity index (χ2v) is 4.94. The van der Waals surface area contributed by atoms with Crippen LogP contribution in [0.15, 0.2) is 30.3 Å². The van der Waals surface area contributed by atoms with Gasteiger partial charge in [-0.15, -0.1) is 0 Å². The molecule has 0 atom stereocenters. The van der Waals surface area contributed by atoms with Crippen molar-refractivity contribution in [3.05, 3.63) is 35.9 Å². The van der Waals surface area contributed by atoms with Crippen LogP contribution in [0.5, 0.6) is 0 Å². The number of hydrogen-bond acceptors (Lipinski definition) is 5. The fourth-order valence-electron chi connectivity index (χ4n) is 1.21. The van der Waals surface area contributed by atoms with Crippen LogP contribution >= 0.6 is 0 Å². The largest absolute Gasteiger partial charge is 0.456 e. The van der Waals surface area contributed by atoms with Gasteiger partial charge in [0, 0.05) is 0 Å². The molecular formula is C14H17NO4. The van der Waals surface area contributed by atoms with E-state index in [1.54, 1.807) is 32.9 Å². The van der Waals surface area contributed by atoms with Gasteiger partial charge >= 0.3 is 11.9 Å². The van der Waals surface area contributed by atoms with Gasteiger partial charge in [-0.05, 0) is 26.3 Å². The summed E-state index contributed by atoms with van der Waals surface area (Å²) in [6.07, 6.45) is 0. The molecule has 0 aliphatic rings. The fraction of sp³-hybridized carbons (Fsp3) is 0.357. The molecule has 1 aromatic carbocycles. The third kappa shape index (κ3) is 5.33. The molecule has 0 spiro atoms. The zero-order valence-electron chi connectivity index (χ0n) is 11.2. The maximum Gasteiger partial charge on any atom is 0.364 e. The summed E-state index contributed by atoms with van der Waals surface area (Å²) in [6, 6.07) is 9.02. The molecule has 0 heterocycles. The van der Waals surface area contributed by atoms with Gasteiger partial charge in [-0.3, -0.25) is 5.41 Å². The van der Waals surface area contributed by atoms with Crippen molar-refractivity contribution in [2.24, 2.45) is 0 Å². The third-order valence-corrected chi connectivity index (χ3v) is 2.02. The molecule has 0 radical (unpaired) electrons. The molecule has 0 aliphatic heterocycles. The number of nitrogens with one attached hydrogen (secondary N) is 1.